The maximum absolute atomic E-state index is 13.1. The molecule has 1 aromatic carbocycles. The highest BCUT2D eigenvalue weighted by molar-refractivity contribution is 5.85. The van der Waals surface area contributed by atoms with Gasteiger partial charge in [-0.2, -0.15) is 0 Å². The van der Waals surface area contributed by atoms with Crippen LogP contribution in [-0.4, -0.2) is 32.7 Å². The first-order chi connectivity index (χ1) is 9.04. The van der Waals surface area contributed by atoms with Crippen molar-refractivity contribution in [1.29, 1.82) is 0 Å². The Kier molecular flexibility index (Phi) is 9.03. The molecule has 1 rings (SSSR count). The molecule has 0 aliphatic rings. The first-order valence-corrected chi connectivity index (χ1v) is 5.98. The maximum Gasteiger partial charge on any atom is 0.234 e. The van der Waals surface area contributed by atoms with Gasteiger partial charge in [0, 0.05) is 13.7 Å². The molecule has 0 saturated carbocycles. The van der Waals surface area contributed by atoms with Crippen molar-refractivity contribution in [3.05, 3.63) is 35.4 Å². The molecule has 1 unspecified atom stereocenters. The number of halogens is 3. The van der Waals surface area contributed by atoms with Crippen LogP contribution in [0.3, 0.4) is 0 Å². The van der Waals surface area contributed by atoms with E-state index in [9.17, 15) is 13.6 Å². The third-order valence-corrected chi connectivity index (χ3v) is 2.59. The van der Waals surface area contributed by atoms with Gasteiger partial charge in [0.1, 0.15) is 0 Å². The second-order valence-corrected chi connectivity index (χ2v) is 4.13. The van der Waals surface area contributed by atoms with Crippen LogP contribution in [0.4, 0.5) is 8.78 Å². The molecule has 20 heavy (non-hydrogen) atoms. The number of carbonyl (C=O) groups excluding carboxylic acids is 1. The summed E-state index contributed by atoms with van der Waals surface area (Å²) in [5, 5.41) is 5.58. The zero-order valence-corrected chi connectivity index (χ0v) is 12.2. The smallest absolute Gasteiger partial charge is 0.234 e. The summed E-state index contributed by atoms with van der Waals surface area (Å²) >= 11 is 0. The van der Waals surface area contributed by atoms with Crippen LogP contribution in [0.5, 0.6) is 0 Å². The normalized spacial score (nSPS) is 11.6. The lowest BCUT2D eigenvalue weighted by Crippen LogP contribution is -2.36. The number of benzene rings is 1. The number of nitrogens with one attached hydrogen (secondary N) is 2. The lowest BCUT2D eigenvalue weighted by Gasteiger charge is -2.15. The molecule has 1 atom stereocenters. The third kappa shape index (κ3) is 6.27. The van der Waals surface area contributed by atoms with Gasteiger partial charge < -0.3 is 15.4 Å². The van der Waals surface area contributed by atoms with Crippen molar-refractivity contribution in [3.63, 3.8) is 0 Å². The van der Waals surface area contributed by atoms with E-state index in [-0.39, 0.29) is 30.9 Å². The molecule has 0 fully saturated rings. The zero-order chi connectivity index (χ0) is 14.3. The van der Waals surface area contributed by atoms with Gasteiger partial charge in [0.25, 0.3) is 0 Å². The molecule has 2 N–H and O–H groups in total. The predicted octanol–water partition coefficient (Wildman–Crippen LogP) is 1.80. The summed E-state index contributed by atoms with van der Waals surface area (Å²) in [6, 6.07) is 3.19. The van der Waals surface area contributed by atoms with Crippen molar-refractivity contribution in [1.82, 2.24) is 10.6 Å². The Morgan fingerprint density at radius 3 is 2.65 bits per heavy atom. The summed E-state index contributed by atoms with van der Waals surface area (Å²) in [5.41, 5.74) is 0.518. The molecule has 0 aliphatic carbocycles. The van der Waals surface area contributed by atoms with Crippen molar-refractivity contribution in [2.45, 2.75) is 13.0 Å². The molecule has 1 amide bonds. The fourth-order valence-corrected chi connectivity index (χ4v) is 1.53. The summed E-state index contributed by atoms with van der Waals surface area (Å²) in [7, 11) is 1.58. The van der Waals surface area contributed by atoms with Crippen molar-refractivity contribution >= 4 is 18.3 Å². The quantitative estimate of drug-likeness (QED) is 0.755. The van der Waals surface area contributed by atoms with Crippen LogP contribution in [-0.2, 0) is 9.53 Å². The second kappa shape index (κ2) is 9.63. The number of hydrogen-bond acceptors (Lipinski definition) is 3. The van der Waals surface area contributed by atoms with Crippen molar-refractivity contribution in [3.8, 4) is 0 Å². The number of carbonyl (C=O) groups is 1. The molecule has 114 valence electrons. The highest BCUT2D eigenvalue weighted by Gasteiger charge is 2.11. The van der Waals surface area contributed by atoms with E-state index < -0.39 is 11.6 Å². The lowest BCUT2D eigenvalue weighted by molar-refractivity contribution is -0.120. The molecule has 1 aromatic rings. The molecule has 0 bridgehead atoms. The topological polar surface area (TPSA) is 50.4 Å². The van der Waals surface area contributed by atoms with E-state index in [2.05, 4.69) is 10.6 Å². The summed E-state index contributed by atoms with van der Waals surface area (Å²) < 4.78 is 30.7. The Labute approximate surface area is 123 Å². The monoisotopic (exact) mass is 308 g/mol. The Morgan fingerprint density at radius 1 is 1.35 bits per heavy atom. The van der Waals surface area contributed by atoms with Gasteiger partial charge in [0.2, 0.25) is 5.91 Å². The van der Waals surface area contributed by atoms with E-state index in [4.69, 9.17) is 4.74 Å². The predicted molar refractivity (Wildman–Crippen MR) is 74.9 cm³/mol. The first-order valence-electron chi connectivity index (χ1n) is 5.98. The Bertz CT molecular complexity index is 433. The molecule has 0 aromatic heterocycles. The van der Waals surface area contributed by atoms with Crippen LogP contribution in [0, 0.1) is 11.6 Å². The third-order valence-electron chi connectivity index (χ3n) is 2.59. The van der Waals surface area contributed by atoms with Crippen molar-refractivity contribution in [2.24, 2.45) is 0 Å². The number of hydrogen-bond donors (Lipinski definition) is 2. The van der Waals surface area contributed by atoms with Crippen LogP contribution >= 0.6 is 12.4 Å². The summed E-state index contributed by atoms with van der Waals surface area (Å²) in [5.74, 6) is -2.03. The van der Waals surface area contributed by atoms with Crippen LogP contribution in [0.2, 0.25) is 0 Å². The highest BCUT2D eigenvalue weighted by atomic mass is 35.5. The molecule has 0 heterocycles. The minimum atomic E-state index is -0.920. The molecule has 0 saturated heterocycles. The number of methoxy groups -OCH3 is 1. The first kappa shape index (κ1) is 18.8. The maximum atomic E-state index is 13.1. The van der Waals surface area contributed by atoms with Gasteiger partial charge in [-0.05, 0) is 24.6 Å². The fourth-order valence-electron chi connectivity index (χ4n) is 1.53. The average Bonchev–Trinajstić information content (AvgIpc) is 2.38. The Hall–Kier alpha value is -1.24. The highest BCUT2D eigenvalue weighted by Crippen LogP contribution is 2.15. The summed E-state index contributed by atoms with van der Waals surface area (Å²) in [6.45, 7) is 2.95. The van der Waals surface area contributed by atoms with Crippen molar-refractivity contribution < 1.29 is 18.3 Å². The van der Waals surface area contributed by atoms with E-state index in [1.807, 2.05) is 0 Å². The standard InChI is InChI=1S/C13H18F2N2O2.ClH/c1-9(10-3-4-11(14)12(15)7-10)17-13(18)8-16-5-6-19-2;/h3-4,7,9,16H,5-6,8H2,1-2H3,(H,17,18);1H. The minimum absolute atomic E-state index is 0. The van der Waals surface area contributed by atoms with Gasteiger partial charge in [0.05, 0.1) is 19.2 Å². The number of ether oxygens (including phenoxy) is 1. The molecule has 7 heteroatoms. The van der Waals surface area contributed by atoms with Gasteiger partial charge in [0.15, 0.2) is 11.6 Å². The average molecular weight is 309 g/mol. The second-order valence-electron chi connectivity index (χ2n) is 4.13. The van der Waals surface area contributed by atoms with Gasteiger partial charge in [-0.3, -0.25) is 4.79 Å². The van der Waals surface area contributed by atoms with Crippen LogP contribution in [0.15, 0.2) is 18.2 Å². The largest absolute Gasteiger partial charge is 0.383 e. The van der Waals surface area contributed by atoms with Crippen LogP contribution in [0.25, 0.3) is 0 Å². The van der Waals surface area contributed by atoms with Gasteiger partial charge >= 0.3 is 0 Å². The molecule has 0 aliphatic heterocycles. The van der Waals surface area contributed by atoms with Gasteiger partial charge in [-0.1, -0.05) is 6.07 Å². The van der Waals surface area contributed by atoms with E-state index in [1.165, 1.54) is 6.07 Å². The van der Waals surface area contributed by atoms with E-state index in [0.717, 1.165) is 12.1 Å². The van der Waals surface area contributed by atoms with E-state index in [0.29, 0.717) is 18.7 Å². The van der Waals surface area contributed by atoms with Crippen molar-refractivity contribution in [2.75, 3.05) is 26.8 Å². The van der Waals surface area contributed by atoms with Crippen LogP contribution in [0.1, 0.15) is 18.5 Å². The fraction of sp³-hybridized carbons (Fsp3) is 0.462. The van der Waals surface area contributed by atoms with E-state index in [1.54, 1.807) is 14.0 Å². The minimum Gasteiger partial charge on any atom is -0.383 e. The lowest BCUT2D eigenvalue weighted by atomic mass is 10.1. The molecule has 4 nitrogen and oxygen atoms in total. The zero-order valence-electron chi connectivity index (χ0n) is 11.4. The molecular weight excluding hydrogens is 290 g/mol. The number of amides is 1. The number of rotatable bonds is 7. The Morgan fingerprint density at radius 2 is 2.05 bits per heavy atom. The van der Waals surface area contributed by atoms with Crippen LogP contribution < -0.4 is 10.6 Å². The molecule has 0 spiro atoms. The SMILES string of the molecule is COCCNCC(=O)NC(C)c1ccc(F)c(F)c1.Cl. The Balaban J connectivity index is 0.00000361. The molecule has 0 radical (unpaired) electrons. The van der Waals surface area contributed by atoms with E-state index >= 15 is 0 Å². The molecular formula is C13H19ClF2N2O2. The summed E-state index contributed by atoms with van der Waals surface area (Å²) in [4.78, 5) is 11.6. The summed E-state index contributed by atoms with van der Waals surface area (Å²) in [6.07, 6.45) is 0. The van der Waals surface area contributed by atoms with Gasteiger partial charge in [-0.15, -0.1) is 12.4 Å². The van der Waals surface area contributed by atoms with Gasteiger partial charge in [-0.25, -0.2) is 8.78 Å².